The van der Waals surface area contributed by atoms with Crippen LogP contribution in [0.15, 0.2) is 29.2 Å². The molecule has 2 aliphatic rings. The first kappa shape index (κ1) is 21.9. The van der Waals surface area contributed by atoms with Crippen LogP contribution >= 0.6 is 0 Å². The zero-order chi connectivity index (χ0) is 21.2. The summed E-state index contributed by atoms with van der Waals surface area (Å²) in [6.07, 6.45) is 1.06. The van der Waals surface area contributed by atoms with E-state index in [0.29, 0.717) is 57.0 Å². The highest BCUT2D eigenvalue weighted by Gasteiger charge is 2.30. The Kier molecular flexibility index (Phi) is 6.40. The molecule has 0 saturated carbocycles. The van der Waals surface area contributed by atoms with Crippen LogP contribution in [0.4, 0.5) is 10.5 Å². The summed E-state index contributed by atoms with van der Waals surface area (Å²) in [6.45, 7) is 8.80. The lowest BCUT2D eigenvalue weighted by molar-refractivity contribution is 0.0240. The maximum absolute atomic E-state index is 13.0. The minimum absolute atomic E-state index is 0.0778. The highest BCUT2D eigenvalue weighted by molar-refractivity contribution is 7.89. The number of piperazine rings is 1. The molecule has 2 N–H and O–H groups in total. The van der Waals surface area contributed by atoms with Crippen LogP contribution in [0, 0.1) is 0 Å². The number of hydrogen-bond donors (Lipinski definition) is 1. The molecule has 0 radical (unpaired) electrons. The predicted octanol–water partition coefficient (Wildman–Crippen LogP) is 1.86. The van der Waals surface area contributed by atoms with E-state index in [1.807, 2.05) is 26.8 Å². The van der Waals surface area contributed by atoms with Gasteiger partial charge in [-0.25, -0.2) is 13.2 Å². The van der Waals surface area contributed by atoms with Crippen molar-refractivity contribution in [3.63, 3.8) is 0 Å². The third-order valence-corrected chi connectivity index (χ3v) is 7.15. The molecule has 2 aliphatic heterocycles. The number of nitrogens with two attached hydrogens (primary N) is 1. The Hall–Kier alpha value is -1.84. The van der Waals surface area contributed by atoms with E-state index in [4.69, 9.17) is 10.5 Å². The molecule has 3 rings (SSSR count). The van der Waals surface area contributed by atoms with E-state index in [2.05, 4.69) is 4.90 Å². The van der Waals surface area contributed by atoms with Gasteiger partial charge in [-0.2, -0.15) is 4.31 Å². The number of ether oxygens (including phenoxy) is 1. The zero-order valence-electron chi connectivity index (χ0n) is 17.5. The van der Waals surface area contributed by atoms with Crippen molar-refractivity contribution in [2.75, 3.05) is 44.2 Å². The highest BCUT2D eigenvalue weighted by atomic mass is 32.2. The fourth-order valence-corrected chi connectivity index (χ4v) is 5.09. The van der Waals surface area contributed by atoms with E-state index in [-0.39, 0.29) is 12.1 Å². The molecule has 0 spiro atoms. The number of sulfonamides is 1. The van der Waals surface area contributed by atoms with E-state index in [0.717, 1.165) is 5.69 Å². The van der Waals surface area contributed by atoms with Gasteiger partial charge in [0.15, 0.2) is 0 Å². The van der Waals surface area contributed by atoms with E-state index in [1.165, 1.54) is 4.31 Å². The SMILES string of the molecule is CC(C)(C)OC(=O)N1CCN(c2cccc(S(=O)(=O)N3CCC(N)CC3)c2)CC1. The van der Waals surface area contributed by atoms with Crippen molar-refractivity contribution in [1.29, 1.82) is 0 Å². The Bertz CT molecular complexity index is 821. The predicted molar refractivity (Wildman–Crippen MR) is 112 cm³/mol. The largest absolute Gasteiger partial charge is 0.444 e. The first-order valence-electron chi connectivity index (χ1n) is 10.1. The molecular formula is C20H32N4O4S. The molecule has 0 bridgehead atoms. The Morgan fingerprint density at radius 2 is 1.69 bits per heavy atom. The number of anilines is 1. The third-order valence-electron chi connectivity index (χ3n) is 5.25. The Balaban J connectivity index is 1.65. The second kappa shape index (κ2) is 8.49. The normalized spacial score (nSPS) is 20.0. The lowest BCUT2D eigenvalue weighted by Crippen LogP contribution is -2.50. The number of piperidine rings is 1. The monoisotopic (exact) mass is 424 g/mol. The van der Waals surface area contributed by atoms with Crippen LogP contribution in [0.2, 0.25) is 0 Å². The number of rotatable bonds is 3. The van der Waals surface area contributed by atoms with Crippen LogP contribution in [-0.4, -0.2) is 74.6 Å². The molecule has 1 aromatic carbocycles. The van der Waals surface area contributed by atoms with E-state index in [1.54, 1.807) is 23.1 Å². The maximum Gasteiger partial charge on any atom is 0.410 e. The van der Waals surface area contributed by atoms with E-state index < -0.39 is 15.6 Å². The molecule has 2 fully saturated rings. The molecule has 1 aromatic rings. The Labute approximate surface area is 173 Å². The van der Waals surface area contributed by atoms with Crippen LogP contribution in [0.3, 0.4) is 0 Å². The van der Waals surface area contributed by atoms with Gasteiger partial charge < -0.3 is 20.3 Å². The van der Waals surface area contributed by atoms with Crippen LogP contribution in [-0.2, 0) is 14.8 Å². The Morgan fingerprint density at radius 1 is 1.07 bits per heavy atom. The van der Waals surface area contributed by atoms with Crippen LogP contribution in [0.5, 0.6) is 0 Å². The van der Waals surface area contributed by atoms with Crippen molar-refractivity contribution in [2.24, 2.45) is 5.73 Å². The summed E-state index contributed by atoms with van der Waals surface area (Å²) in [7, 11) is -3.52. The molecule has 2 saturated heterocycles. The third kappa shape index (κ3) is 5.40. The fraction of sp³-hybridized carbons (Fsp3) is 0.650. The summed E-state index contributed by atoms with van der Waals surface area (Å²) in [6, 6.07) is 7.14. The quantitative estimate of drug-likeness (QED) is 0.796. The molecule has 0 aliphatic carbocycles. The maximum atomic E-state index is 13.0. The summed E-state index contributed by atoms with van der Waals surface area (Å²) in [5.74, 6) is 0. The molecule has 1 amide bonds. The smallest absolute Gasteiger partial charge is 0.410 e. The van der Waals surface area contributed by atoms with Gasteiger partial charge in [-0.15, -0.1) is 0 Å². The van der Waals surface area contributed by atoms with Gasteiger partial charge in [0.1, 0.15) is 5.60 Å². The van der Waals surface area contributed by atoms with Gasteiger partial charge in [-0.1, -0.05) is 6.07 Å². The zero-order valence-corrected chi connectivity index (χ0v) is 18.3. The standard InChI is InChI=1S/C20H32N4O4S/c1-20(2,3)28-19(25)23-13-11-22(12-14-23)17-5-4-6-18(15-17)29(26,27)24-9-7-16(21)8-10-24/h4-6,15-16H,7-14,21H2,1-3H3. The number of amides is 1. The molecule has 29 heavy (non-hydrogen) atoms. The molecule has 0 aromatic heterocycles. The van der Waals surface area contributed by atoms with Gasteiger partial charge in [0.25, 0.3) is 0 Å². The number of carbonyl (C=O) groups is 1. The molecule has 8 nitrogen and oxygen atoms in total. The van der Waals surface area contributed by atoms with Crippen molar-refractivity contribution in [3.8, 4) is 0 Å². The number of carbonyl (C=O) groups excluding carboxylic acids is 1. The van der Waals surface area contributed by atoms with Crippen molar-refractivity contribution < 1.29 is 17.9 Å². The lowest BCUT2D eigenvalue weighted by atomic mass is 10.1. The van der Waals surface area contributed by atoms with Crippen molar-refractivity contribution >= 4 is 21.8 Å². The summed E-state index contributed by atoms with van der Waals surface area (Å²) in [5.41, 5.74) is 6.23. The average molecular weight is 425 g/mol. The second-order valence-corrected chi connectivity index (χ2v) is 10.6. The van der Waals surface area contributed by atoms with Crippen molar-refractivity contribution in [3.05, 3.63) is 24.3 Å². The second-order valence-electron chi connectivity index (χ2n) is 8.69. The fourth-order valence-electron chi connectivity index (χ4n) is 3.58. The van der Waals surface area contributed by atoms with E-state index in [9.17, 15) is 13.2 Å². The van der Waals surface area contributed by atoms with Crippen LogP contribution in [0.25, 0.3) is 0 Å². The van der Waals surface area contributed by atoms with Crippen molar-refractivity contribution in [1.82, 2.24) is 9.21 Å². The van der Waals surface area contributed by atoms with Crippen LogP contribution in [0.1, 0.15) is 33.6 Å². The van der Waals surface area contributed by atoms with Crippen molar-refractivity contribution in [2.45, 2.75) is 50.2 Å². The number of nitrogens with zero attached hydrogens (tertiary/aromatic N) is 3. The first-order chi connectivity index (χ1) is 13.6. The average Bonchev–Trinajstić information content (AvgIpc) is 2.67. The van der Waals surface area contributed by atoms with Gasteiger partial charge in [0.2, 0.25) is 10.0 Å². The minimum Gasteiger partial charge on any atom is -0.444 e. The topological polar surface area (TPSA) is 96.2 Å². The Morgan fingerprint density at radius 3 is 2.28 bits per heavy atom. The summed E-state index contributed by atoms with van der Waals surface area (Å²) in [5, 5.41) is 0. The molecular weight excluding hydrogens is 392 g/mol. The summed E-state index contributed by atoms with van der Waals surface area (Å²) in [4.78, 5) is 16.3. The lowest BCUT2D eigenvalue weighted by Gasteiger charge is -2.37. The molecule has 0 atom stereocenters. The highest BCUT2D eigenvalue weighted by Crippen LogP contribution is 2.25. The summed E-state index contributed by atoms with van der Waals surface area (Å²) >= 11 is 0. The summed E-state index contributed by atoms with van der Waals surface area (Å²) < 4.78 is 33.0. The molecule has 162 valence electrons. The van der Waals surface area contributed by atoms with Gasteiger partial charge in [0.05, 0.1) is 4.90 Å². The van der Waals surface area contributed by atoms with Gasteiger partial charge in [-0.05, 0) is 51.8 Å². The number of hydrogen-bond acceptors (Lipinski definition) is 6. The van der Waals surface area contributed by atoms with Gasteiger partial charge in [-0.3, -0.25) is 0 Å². The van der Waals surface area contributed by atoms with Gasteiger partial charge >= 0.3 is 6.09 Å². The number of benzene rings is 1. The van der Waals surface area contributed by atoms with E-state index >= 15 is 0 Å². The minimum atomic E-state index is -3.52. The molecule has 0 unspecified atom stereocenters. The van der Waals surface area contributed by atoms with Crippen LogP contribution < -0.4 is 10.6 Å². The molecule has 9 heteroatoms. The first-order valence-corrected chi connectivity index (χ1v) is 11.6. The molecule has 2 heterocycles. The van der Waals surface area contributed by atoms with Gasteiger partial charge in [0, 0.05) is 51.0 Å².